The molecule has 0 spiro atoms. The van der Waals surface area contributed by atoms with Gasteiger partial charge in [-0.05, 0) is 24.6 Å². The molecule has 2 N–H and O–H groups in total. The van der Waals surface area contributed by atoms with Gasteiger partial charge in [0.2, 0.25) is 17.8 Å². The van der Waals surface area contributed by atoms with Crippen LogP contribution in [0.1, 0.15) is 50.1 Å². The van der Waals surface area contributed by atoms with E-state index < -0.39 is 17.2 Å². The molecular formula is C21H23F3N4O2. The Morgan fingerprint density at radius 1 is 0.933 bits per heavy atom. The summed E-state index contributed by atoms with van der Waals surface area (Å²) in [5.41, 5.74) is 0.398. The minimum atomic E-state index is -4.39. The number of aromatic nitrogens is 2. The van der Waals surface area contributed by atoms with Crippen molar-refractivity contribution >= 4 is 29.7 Å². The van der Waals surface area contributed by atoms with Gasteiger partial charge in [0, 0.05) is 24.8 Å². The third-order valence-corrected chi connectivity index (χ3v) is 4.34. The van der Waals surface area contributed by atoms with Crippen molar-refractivity contribution in [2.45, 2.75) is 46.2 Å². The zero-order valence-electron chi connectivity index (χ0n) is 17.3. The predicted molar refractivity (Wildman–Crippen MR) is 109 cm³/mol. The van der Waals surface area contributed by atoms with Gasteiger partial charge in [-0.2, -0.15) is 18.2 Å². The van der Waals surface area contributed by atoms with Crippen molar-refractivity contribution in [3.8, 4) is 0 Å². The van der Waals surface area contributed by atoms with Gasteiger partial charge >= 0.3 is 6.18 Å². The maximum Gasteiger partial charge on any atom is 0.416 e. The molecule has 2 rings (SSSR count). The summed E-state index contributed by atoms with van der Waals surface area (Å²) in [5, 5.41) is 5.08. The lowest BCUT2D eigenvalue weighted by Gasteiger charge is -2.22. The van der Waals surface area contributed by atoms with Gasteiger partial charge in [0.15, 0.2) is 0 Å². The van der Waals surface area contributed by atoms with Gasteiger partial charge in [-0.1, -0.05) is 38.1 Å². The van der Waals surface area contributed by atoms with Gasteiger partial charge in [0.1, 0.15) is 5.82 Å². The van der Waals surface area contributed by atoms with Gasteiger partial charge in [-0.25, -0.2) is 4.98 Å². The Hall–Kier alpha value is -3.23. The van der Waals surface area contributed by atoms with E-state index in [4.69, 9.17) is 0 Å². The largest absolute Gasteiger partial charge is 0.416 e. The Labute approximate surface area is 172 Å². The van der Waals surface area contributed by atoms with Crippen molar-refractivity contribution in [1.29, 1.82) is 0 Å². The lowest BCUT2D eigenvalue weighted by Crippen LogP contribution is -2.16. The number of rotatable bonds is 5. The van der Waals surface area contributed by atoms with E-state index in [1.807, 2.05) is 13.8 Å². The summed E-state index contributed by atoms with van der Waals surface area (Å²) in [6, 6.07) is 4.96. The Morgan fingerprint density at radius 2 is 1.47 bits per heavy atom. The number of nitrogens with zero attached hydrogens (tertiary/aromatic N) is 2. The van der Waals surface area contributed by atoms with E-state index in [0.717, 1.165) is 12.1 Å². The summed E-state index contributed by atoms with van der Waals surface area (Å²) < 4.78 is 38.4. The van der Waals surface area contributed by atoms with Crippen LogP contribution in [0.5, 0.6) is 0 Å². The first kappa shape index (κ1) is 23.1. The van der Waals surface area contributed by atoms with Crippen LogP contribution in [-0.2, 0) is 21.2 Å². The molecule has 30 heavy (non-hydrogen) atoms. The maximum absolute atomic E-state index is 12.8. The third-order valence-electron chi connectivity index (χ3n) is 4.34. The van der Waals surface area contributed by atoms with Crippen LogP contribution in [0.2, 0.25) is 0 Å². The molecule has 1 aromatic heterocycles. The predicted octanol–water partition coefficient (Wildman–Crippen LogP) is 4.71. The van der Waals surface area contributed by atoms with Gasteiger partial charge in [-0.15, -0.1) is 0 Å². The maximum atomic E-state index is 12.8. The highest BCUT2D eigenvalue weighted by Gasteiger charge is 2.30. The fourth-order valence-electron chi connectivity index (χ4n) is 2.73. The molecular weight excluding hydrogens is 397 g/mol. The highest BCUT2D eigenvalue weighted by molar-refractivity contribution is 5.91. The van der Waals surface area contributed by atoms with Crippen molar-refractivity contribution in [1.82, 2.24) is 9.97 Å². The number of alkyl halides is 3. The molecule has 9 heteroatoms. The van der Waals surface area contributed by atoms with Gasteiger partial charge in [0.25, 0.3) is 0 Å². The van der Waals surface area contributed by atoms with Crippen LogP contribution >= 0.6 is 0 Å². The average Bonchev–Trinajstić information content (AvgIpc) is 2.59. The summed E-state index contributed by atoms with van der Waals surface area (Å²) >= 11 is 0. The van der Waals surface area contributed by atoms with Crippen molar-refractivity contribution in [3.05, 3.63) is 52.7 Å². The van der Waals surface area contributed by atoms with Crippen LogP contribution in [0.25, 0.3) is 6.08 Å². The number of amides is 2. The Kier molecular flexibility index (Phi) is 6.64. The van der Waals surface area contributed by atoms with Crippen molar-refractivity contribution in [2.75, 3.05) is 10.6 Å². The molecule has 0 atom stereocenters. The molecule has 6 nitrogen and oxygen atoms in total. The number of halogens is 3. The molecule has 0 aliphatic carbocycles. The van der Waals surface area contributed by atoms with Gasteiger partial charge in [0.05, 0.1) is 11.3 Å². The Balaban J connectivity index is 2.41. The molecule has 2 aromatic rings. The van der Waals surface area contributed by atoms with Crippen molar-refractivity contribution in [3.63, 3.8) is 0 Å². The topological polar surface area (TPSA) is 84.0 Å². The molecule has 0 saturated heterocycles. The number of benzene rings is 1. The zero-order valence-corrected chi connectivity index (χ0v) is 17.3. The fourth-order valence-corrected chi connectivity index (χ4v) is 2.73. The molecule has 0 unspecified atom stereocenters. The standard InChI is InChI=1S/C21H23F3N4O2/c1-12-17(18(26-13(2)29)28-19(25-12)27-14(3)30)10-11-20(4,5)15-6-8-16(9-7-15)21(22,23)24/h6-11H,1-5H3,(H2,25,26,27,28,29,30). The van der Waals surface area contributed by atoms with Crippen LogP contribution < -0.4 is 10.6 Å². The van der Waals surface area contributed by atoms with Gasteiger partial charge < -0.3 is 5.32 Å². The number of carbonyl (C=O) groups is 2. The zero-order chi connectivity index (χ0) is 22.7. The molecule has 0 aliphatic heterocycles. The second-order valence-electron chi connectivity index (χ2n) is 7.39. The van der Waals surface area contributed by atoms with E-state index in [9.17, 15) is 22.8 Å². The Morgan fingerprint density at radius 3 is 1.97 bits per heavy atom. The molecule has 0 bridgehead atoms. The number of nitrogens with one attached hydrogen (secondary N) is 2. The SMILES string of the molecule is CC(=O)Nc1nc(C)c(C=CC(C)(C)c2ccc(C(F)(F)F)cc2)c(NC(C)=O)n1. The number of hydrogen-bond donors (Lipinski definition) is 2. The summed E-state index contributed by atoms with van der Waals surface area (Å²) in [7, 11) is 0. The van der Waals surface area contributed by atoms with Crippen LogP contribution in [0.3, 0.4) is 0 Å². The molecule has 0 saturated carbocycles. The molecule has 1 aromatic carbocycles. The van der Waals surface area contributed by atoms with E-state index in [0.29, 0.717) is 16.8 Å². The average molecular weight is 420 g/mol. The van der Waals surface area contributed by atoms with Crippen molar-refractivity contribution in [2.24, 2.45) is 0 Å². The highest BCUT2D eigenvalue weighted by Crippen LogP contribution is 2.33. The van der Waals surface area contributed by atoms with Crippen molar-refractivity contribution < 1.29 is 22.8 Å². The third kappa shape index (κ3) is 5.88. The first-order valence-corrected chi connectivity index (χ1v) is 9.10. The Bertz CT molecular complexity index is 981. The lowest BCUT2D eigenvalue weighted by atomic mass is 9.83. The lowest BCUT2D eigenvalue weighted by molar-refractivity contribution is -0.137. The molecule has 1 heterocycles. The minimum absolute atomic E-state index is 0.0582. The fraction of sp³-hybridized carbons (Fsp3) is 0.333. The first-order valence-electron chi connectivity index (χ1n) is 9.10. The monoisotopic (exact) mass is 420 g/mol. The highest BCUT2D eigenvalue weighted by atomic mass is 19.4. The number of aryl methyl sites for hydroxylation is 1. The van der Waals surface area contributed by atoms with E-state index in [-0.39, 0.29) is 23.6 Å². The smallest absolute Gasteiger partial charge is 0.310 e. The molecule has 0 aliphatic rings. The molecule has 0 fully saturated rings. The molecule has 0 radical (unpaired) electrons. The van der Waals surface area contributed by atoms with E-state index in [2.05, 4.69) is 20.6 Å². The van der Waals surface area contributed by atoms with Crippen LogP contribution in [-0.4, -0.2) is 21.8 Å². The molecule has 160 valence electrons. The molecule has 2 amide bonds. The quantitative estimate of drug-likeness (QED) is 0.734. The van der Waals surface area contributed by atoms with Crippen LogP contribution in [0.15, 0.2) is 30.3 Å². The van der Waals surface area contributed by atoms with E-state index >= 15 is 0 Å². The summed E-state index contributed by atoms with van der Waals surface area (Å²) in [6.07, 6.45) is -0.892. The van der Waals surface area contributed by atoms with E-state index in [1.54, 1.807) is 19.1 Å². The number of allylic oxidation sites excluding steroid dienone is 1. The van der Waals surface area contributed by atoms with Gasteiger partial charge in [-0.3, -0.25) is 14.9 Å². The van der Waals surface area contributed by atoms with E-state index in [1.165, 1.54) is 26.0 Å². The van der Waals surface area contributed by atoms with Crippen LogP contribution in [0.4, 0.5) is 24.9 Å². The number of carbonyl (C=O) groups excluding carboxylic acids is 2. The number of hydrogen-bond acceptors (Lipinski definition) is 4. The normalized spacial score (nSPS) is 12.1. The number of anilines is 2. The summed E-state index contributed by atoms with van der Waals surface area (Å²) in [4.78, 5) is 31.2. The second-order valence-corrected chi connectivity index (χ2v) is 7.39. The summed E-state index contributed by atoms with van der Waals surface area (Å²) in [5.74, 6) is -0.422. The summed E-state index contributed by atoms with van der Waals surface area (Å²) in [6.45, 7) is 8.05. The second kappa shape index (κ2) is 8.64. The first-order chi connectivity index (χ1) is 13.8. The minimum Gasteiger partial charge on any atom is -0.310 e. The van der Waals surface area contributed by atoms with Crippen LogP contribution in [0, 0.1) is 6.92 Å².